The van der Waals surface area contributed by atoms with Crippen LogP contribution in [0.25, 0.3) is 5.69 Å². The highest BCUT2D eigenvalue weighted by atomic mass is 16.5. The first kappa shape index (κ1) is 19.9. The molecule has 0 aliphatic carbocycles. The molecule has 2 N–H and O–H groups in total. The summed E-state index contributed by atoms with van der Waals surface area (Å²) in [5, 5.41) is 4.50. The zero-order valence-corrected chi connectivity index (χ0v) is 16.9. The third-order valence-electron chi connectivity index (χ3n) is 5.44. The highest BCUT2D eigenvalue weighted by Crippen LogP contribution is 2.31. The van der Waals surface area contributed by atoms with Crippen molar-refractivity contribution in [2.75, 3.05) is 19.6 Å². The Balaban J connectivity index is 1.57. The molecular formula is C24H26N4O2. The van der Waals surface area contributed by atoms with Crippen molar-refractivity contribution in [3.63, 3.8) is 0 Å². The van der Waals surface area contributed by atoms with Crippen LogP contribution in [0.1, 0.15) is 34.9 Å². The van der Waals surface area contributed by atoms with Crippen LogP contribution < -0.4 is 10.5 Å². The number of ether oxygens (including phenoxy) is 1. The molecule has 4 rings (SSSR count). The molecule has 0 atom stereocenters. The van der Waals surface area contributed by atoms with Gasteiger partial charge in [-0.3, -0.25) is 9.69 Å². The standard InChI is InChI=1S/C24H26N4O2/c1-2-14-27-15-12-18(13-16-27)23-17-22(24(25)29)26-28(23)19-8-10-21(11-9-19)30-20-6-4-3-5-7-20/h2-11,17-18H,1,12-16H2,(H2,25,29). The van der Waals surface area contributed by atoms with Crippen molar-refractivity contribution in [2.24, 2.45) is 5.73 Å². The van der Waals surface area contributed by atoms with Crippen LogP contribution >= 0.6 is 0 Å². The molecule has 0 spiro atoms. The first-order valence-electron chi connectivity index (χ1n) is 10.2. The smallest absolute Gasteiger partial charge is 0.269 e. The lowest BCUT2D eigenvalue weighted by Crippen LogP contribution is -2.33. The molecule has 2 aromatic carbocycles. The molecular weight excluding hydrogens is 376 g/mol. The third kappa shape index (κ3) is 4.44. The fourth-order valence-corrected chi connectivity index (χ4v) is 3.89. The van der Waals surface area contributed by atoms with Crippen LogP contribution in [0.5, 0.6) is 11.5 Å². The Labute approximate surface area is 176 Å². The maximum atomic E-state index is 11.8. The molecule has 0 radical (unpaired) electrons. The van der Waals surface area contributed by atoms with Crippen LogP contribution in [0.15, 0.2) is 73.3 Å². The van der Waals surface area contributed by atoms with E-state index >= 15 is 0 Å². The van der Waals surface area contributed by atoms with Crippen LogP contribution in [0.2, 0.25) is 0 Å². The van der Waals surface area contributed by atoms with Crippen LogP contribution in [0, 0.1) is 0 Å². The van der Waals surface area contributed by atoms with Gasteiger partial charge in [-0.2, -0.15) is 5.10 Å². The number of piperidine rings is 1. The maximum Gasteiger partial charge on any atom is 0.269 e. The number of amides is 1. The van der Waals surface area contributed by atoms with Gasteiger partial charge in [0.05, 0.1) is 5.69 Å². The zero-order valence-electron chi connectivity index (χ0n) is 16.9. The molecule has 154 valence electrons. The summed E-state index contributed by atoms with van der Waals surface area (Å²) >= 11 is 0. The van der Waals surface area contributed by atoms with Crippen molar-refractivity contribution in [1.82, 2.24) is 14.7 Å². The van der Waals surface area contributed by atoms with Gasteiger partial charge in [0.1, 0.15) is 11.5 Å². The fraction of sp³-hybridized carbons (Fsp3) is 0.250. The number of carbonyl (C=O) groups is 1. The van der Waals surface area contributed by atoms with Crippen molar-refractivity contribution < 1.29 is 9.53 Å². The minimum atomic E-state index is -0.511. The molecule has 1 amide bonds. The van der Waals surface area contributed by atoms with E-state index in [4.69, 9.17) is 10.5 Å². The summed E-state index contributed by atoms with van der Waals surface area (Å²) in [5.74, 6) is 1.34. The SMILES string of the molecule is C=CCN1CCC(c2cc(C(N)=O)nn2-c2ccc(Oc3ccccc3)cc2)CC1. The van der Waals surface area contributed by atoms with Crippen LogP contribution in [0.3, 0.4) is 0 Å². The summed E-state index contributed by atoms with van der Waals surface area (Å²) in [6.45, 7) is 6.72. The van der Waals surface area contributed by atoms with Crippen molar-refractivity contribution in [3.8, 4) is 17.2 Å². The quantitative estimate of drug-likeness (QED) is 0.603. The van der Waals surface area contributed by atoms with Crippen molar-refractivity contribution in [3.05, 3.63) is 84.7 Å². The molecule has 1 fully saturated rings. The van der Waals surface area contributed by atoms with Gasteiger partial charge in [0.15, 0.2) is 5.69 Å². The lowest BCUT2D eigenvalue weighted by molar-refractivity contribution is 0.0995. The van der Waals surface area contributed by atoms with E-state index in [-0.39, 0.29) is 0 Å². The molecule has 1 aliphatic heterocycles. The zero-order chi connectivity index (χ0) is 20.9. The highest BCUT2D eigenvalue weighted by Gasteiger charge is 2.25. The van der Waals surface area contributed by atoms with E-state index in [0.29, 0.717) is 11.6 Å². The van der Waals surface area contributed by atoms with E-state index in [1.54, 1.807) is 0 Å². The number of hydrogen-bond donors (Lipinski definition) is 1. The highest BCUT2D eigenvalue weighted by molar-refractivity contribution is 5.91. The molecule has 6 nitrogen and oxygen atoms in total. The van der Waals surface area contributed by atoms with Gasteiger partial charge in [-0.1, -0.05) is 24.3 Å². The number of nitrogens with two attached hydrogens (primary N) is 1. The van der Waals surface area contributed by atoms with Gasteiger partial charge >= 0.3 is 0 Å². The summed E-state index contributed by atoms with van der Waals surface area (Å²) < 4.78 is 7.72. The van der Waals surface area contributed by atoms with E-state index < -0.39 is 5.91 Å². The second-order valence-electron chi connectivity index (χ2n) is 7.50. The summed E-state index contributed by atoms with van der Waals surface area (Å²) in [5.41, 5.74) is 7.72. The maximum absolute atomic E-state index is 11.8. The normalized spacial score (nSPS) is 15.1. The fourth-order valence-electron chi connectivity index (χ4n) is 3.89. The predicted molar refractivity (Wildman–Crippen MR) is 117 cm³/mol. The summed E-state index contributed by atoms with van der Waals surface area (Å²) in [6.07, 6.45) is 3.95. The van der Waals surface area contributed by atoms with Gasteiger partial charge < -0.3 is 10.5 Å². The molecule has 0 saturated carbocycles. The van der Waals surface area contributed by atoms with Crippen molar-refractivity contribution in [2.45, 2.75) is 18.8 Å². The summed E-state index contributed by atoms with van der Waals surface area (Å²) in [6, 6.07) is 19.2. The number of primary amides is 1. The number of benzene rings is 2. The molecule has 2 heterocycles. The van der Waals surface area contributed by atoms with Crippen LogP contribution in [-0.4, -0.2) is 40.2 Å². The number of nitrogens with zero attached hydrogens (tertiary/aromatic N) is 3. The minimum absolute atomic E-state index is 0.295. The number of carbonyl (C=O) groups excluding carboxylic acids is 1. The van der Waals surface area contributed by atoms with Crippen LogP contribution in [-0.2, 0) is 0 Å². The predicted octanol–water partition coefficient (Wildman–Crippen LogP) is 4.13. The van der Waals surface area contributed by atoms with E-state index in [0.717, 1.165) is 55.4 Å². The topological polar surface area (TPSA) is 73.4 Å². The monoisotopic (exact) mass is 402 g/mol. The van der Waals surface area contributed by atoms with E-state index in [1.165, 1.54) is 0 Å². The van der Waals surface area contributed by atoms with E-state index in [2.05, 4.69) is 16.6 Å². The first-order chi connectivity index (χ1) is 14.6. The Morgan fingerprint density at radius 3 is 2.40 bits per heavy atom. The molecule has 1 saturated heterocycles. The minimum Gasteiger partial charge on any atom is -0.457 e. The molecule has 30 heavy (non-hydrogen) atoms. The largest absolute Gasteiger partial charge is 0.457 e. The Morgan fingerprint density at radius 1 is 1.10 bits per heavy atom. The van der Waals surface area contributed by atoms with E-state index in [9.17, 15) is 4.79 Å². The van der Waals surface area contributed by atoms with E-state index in [1.807, 2.05) is 71.4 Å². The summed E-state index contributed by atoms with van der Waals surface area (Å²) in [7, 11) is 0. The summed E-state index contributed by atoms with van der Waals surface area (Å²) in [4.78, 5) is 14.2. The van der Waals surface area contributed by atoms with Gasteiger partial charge in [0, 0.05) is 18.2 Å². The molecule has 6 heteroatoms. The Hall–Kier alpha value is -3.38. The lowest BCUT2D eigenvalue weighted by Gasteiger charge is -2.31. The Bertz CT molecular complexity index is 1000. The first-order valence-corrected chi connectivity index (χ1v) is 10.2. The number of aromatic nitrogens is 2. The Morgan fingerprint density at radius 2 is 1.77 bits per heavy atom. The second kappa shape index (κ2) is 8.97. The van der Waals surface area contributed by atoms with Crippen molar-refractivity contribution >= 4 is 5.91 Å². The van der Waals surface area contributed by atoms with Crippen LogP contribution in [0.4, 0.5) is 0 Å². The lowest BCUT2D eigenvalue weighted by atomic mass is 9.93. The molecule has 3 aromatic rings. The average molecular weight is 402 g/mol. The molecule has 0 unspecified atom stereocenters. The Kier molecular flexibility index (Phi) is 5.95. The number of hydrogen-bond acceptors (Lipinski definition) is 4. The second-order valence-corrected chi connectivity index (χ2v) is 7.50. The van der Waals surface area contributed by atoms with Gasteiger partial charge in [0.25, 0.3) is 5.91 Å². The molecule has 0 bridgehead atoms. The third-order valence-corrected chi connectivity index (χ3v) is 5.44. The van der Waals surface area contributed by atoms with Gasteiger partial charge in [-0.15, -0.1) is 6.58 Å². The van der Waals surface area contributed by atoms with Crippen molar-refractivity contribution in [1.29, 1.82) is 0 Å². The van der Waals surface area contributed by atoms with Gasteiger partial charge in [-0.05, 0) is 68.4 Å². The number of rotatable bonds is 7. The molecule has 1 aliphatic rings. The van der Waals surface area contributed by atoms with Gasteiger partial charge in [-0.25, -0.2) is 4.68 Å². The number of para-hydroxylation sites is 1. The number of likely N-dealkylation sites (tertiary alicyclic amines) is 1. The average Bonchev–Trinajstić information content (AvgIpc) is 3.22. The molecule has 1 aromatic heterocycles. The van der Waals surface area contributed by atoms with Gasteiger partial charge in [0.2, 0.25) is 0 Å².